The van der Waals surface area contributed by atoms with E-state index in [9.17, 15) is 5.11 Å². The minimum absolute atomic E-state index is 0.00810. The molecule has 2 aliphatic heterocycles. The summed E-state index contributed by atoms with van der Waals surface area (Å²) in [6.07, 6.45) is 0.345. The third-order valence-electron chi connectivity index (χ3n) is 3.70. The van der Waals surface area contributed by atoms with Gasteiger partial charge >= 0.3 is 0 Å². The lowest BCUT2D eigenvalue weighted by Crippen LogP contribution is -2.72. The zero-order chi connectivity index (χ0) is 12.5. The Morgan fingerprint density at radius 3 is 2.18 bits per heavy atom. The Morgan fingerprint density at radius 1 is 1.00 bits per heavy atom. The summed E-state index contributed by atoms with van der Waals surface area (Å²) in [5.41, 5.74) is 0. The summed E-state index contributed by atoms with van der Waals surface area (Å²) < 4.78 is 22.7. The molecule has 0 aromatic heterocycles. The predicted octanol–water partition coefficient (Wildman–Crippen LogP) is 0.998. The molecule has 0 unspecified atom stereocenters. The summed E-state index contributed by atoms with van der Waals surface area (Å²) in [7, 11) is 0. The second kappa shape index (κ2) is 3.22. The van der Waals surface area contributed by atoms with Crippen molar-refractivity contribution in [3.05, 3.63) is 0 Å². The number of fused-ring (bicyclic) bond motifs is 2. The Morgan fingerprint density at radius 2 is 1.65 bits per heavy atom. The van der Waals surface area contributed by atoms with Crippen LogP contribution in [-0.2, 0) is 18.9 Å². The Hall–Kier alpha value is -0.200. The standard InChI is InChI=1S/C12H20O5/c1-10(2)14-6-8(16-10)9-7-5-12(9,13)17-11(3,4)15-7/h7-9,13H,5-6H2,1-4H3/t7-,8+,9+,12-/m0/s1. The van der Waals surface area contributed by atoms with Crippen LogP contribution in [0, 0.1) is 5.92 Å². The summed E-state index contributed by atoms with van der Waals surface area (Å²) in [4.78, 5) is 0. The third kappa shape index (κ3) is 1.81. The molecule has 1 N–H and O–H groups in total. The number of ether oxygens (including phenoxy) is 4. The first-order valence-corrected chi connectivity index (χ1v) is 6.13. The van der Waals surface area contributed by atoms with Crippen molar-refractivity contribution in [1.29, 1.82) is 0 Å². The smallest absolute Gasteiger partial charge is 0.179 e. The van der Waals surface area contributed by atoms with Crippen molar-refractivity contribution in [2.45, 2.75) is 63.7 Å². The fourth-order valence-corrected chi connectivity index (χ4v) is 3.14. The zero-order valence-corrected chi connectivity index (χ0v) is 10.7. The van der Waals surface area contributed by atoms with Crippen LogP contribution in [0.15, 0.2) is 0 Å². The van der Waals surface area contributed by atoms with Crippen LogP contribution < -0.4 is 0 Å². The molecule has 1 saturated carbocycles. The van der Waals surface area contributed by atoms with Crippen molar-refractivity contribution < 1.29 is 24.1 Å². The van der Waals surface area contributed by atoms with Crippen molar-refractivity contribution in [1.82, 2.24) is 0 Å². The van der Waals surface area contributed by atoms with Crippen LogP contribution in [-0.4, -0.2) is 41.3 Å². The van der Waals surface area contributed by atoms with E-state index in [0.717, 1.165) is 0 Å². The van der Waals surface area contributed by atoms with E-state index in [4.69, 9.17) is 18.9 Å². The SMILES string of the molecule is CC1(C)OC[C@H]([C@H]2[C@@H]3C[C@]2(O)OC(C)(C)O3)O1. The maximum absolute atomic E-state index is 10.4. The van der Waals surface area contributed by atoms with E-state index >= 15 is 0 Å². The second-order valence-electron chi connectivity index (χ2n) is 6.10. The Kier molecular flexibility index (Phi) is 2.25. The lowest BCUT2D eigenvalue weighted by atomic mass is 9.70. The summed E-state index contributed by atoms with van der Waals surface area (Å²) in [5.74, 6) is -2.58. The van der Waals surface area contributed by atoms with Gasteiger partial charge in [-0.2, -0.15) is 0 Å². The minimum Gasteiger partial charge on any atom is -0.365 e. The minimum atomic E-state index is -1.12. The van der Waals surface area contributed by atoms with Crippen LogP contribution >= 0.6 is 0 Å². The van der Waals surface area contributed by atoms with Gasteiger partial charge in [0.25, 0.3) is 0 Å². The van der Waals surface area contributed by atoms with Crippen LogP contribution in [0.2, 0.25) is 0 Å². The lowest BCUT2D eigenvalue weighted by molar-refractivity contribution is -0.483. The third-order valence-corrected chi connectivity index (χ3v) is 3.70. The van der Waals surface area contributed by atoms with Gasteiger partial charge in [-0.3, -0.25) is 0 Å². The quantitative estimate of drug-likeness (QED) is 0.745. The van der Waals surface area contributed by atoms with Crippen LogP contribution in [0.4, 0.5) is 0 Å². The van der Waals surface area contributed by atoms with E-state index in [-0.39, 0.29) is 18.1 Å². The highest BCUT2D eigenvalue weighted by Crippen LogP contribution is 2.53. The zero-order valence-electron chi connectivity index (χ0n) is 10.7. The molecule has 2 heterocycles. The highest BCUT2D eigenvalue weighted by molar-refractivity contribution is 5.06. The summed E-state index contributed by atoms with van der Waals surface area (Å²) in [6.45, 7) is 7.85. The largest absolute Gasteiger partial charge is 0.365 e. The van der Waals surface area contributed by atoms with Gasteiger partial charge in [-0.25, -0.2) is 0 Å². The van der Waals surface area contributed by atoms with Gasteiger partial charge in [-0.15, -0.1) is 0 Å². The first kappa shape index (κ1) is 11.9. The first-order valence-electron chi connectivity index (χ1n) is 6.13. The molecule has 3 aliphatic rings. The Balaban J connectivity index is 1.75. The predicted molar refractivity (Wildman–Crippen MR) is 58.0 cm³/mol. The van der Waals surface area contributed by atoms with E-state index in [1.165, 1.54) is 0 Å². The van der Waals surface area contributed by atoms with Gasteiger partial charge in [0.2, 0.25) is 0 Å². The van der Waals surface area contributed by atoms with E-state index in [1.807, 2.05) is 27.7 Å². The molecule has 3 fully saturated rings. The van der Waals surface area contributed by atoms with Crippen molar-refractivity contribution in [2.24, 2.45) is 5.92 Å². The topological polar surface area (TPSA) is 57.2 Å². The maximum atomic E-state index is 10.4. The molecular formula is C12H20O5. The molecule has 2 bridgehead atoms. The van der Waals surface area contributed by atoms with Crippen LogP contribution in [0.5, 0.6) is 0 Å². The molecule has 0 spiro atoms. The maximum Gasteiger partial charge on any atom is 0.179 e. The first-order chi connectivity index (χ1) is 7.71. The number of hydrogen-bond acceptors (Lipinski definition) is 5. The van der Waals surface area contributed by atoms with Gasteiger partial charge in [-0.1, -0.05) is 0 Å². The number of hydrogen-bond donors (Lipinski definition) is 1. The van der Waals surface area contributed by atoms with Gasteiger partial charge in [0.1, 0.15) is 0 Å². The van der Waals surface area contributed by atoms with E-state index in [0.29, 0.717) is 13.0 Å². The molecule has 98 valence electrons. The lowest BCUT2D eigenvalue weighted by Gasteiger charge is -2.60. The average molecular weight is 244 g/mol. The summed E-state index contributed by atoms with van der Waals surface area (Å²) in [6, 6.07) is 0. The molecule has 17 heavy (non-hydrogen) atoms. The van der Waals surface area contributed by atoms with Crippen LogP contribution in [0.25, 0.3) is 0 Å². The fourth-order valence-electron chi connectivity index (χ4n) is 3.14. The molecule has 1 aliphatic carbocycles. The molecule has 0 amide bonds. The highest BCUT2D eigenvalue weighted by atomic mass is 16.8. The Labute approximate surface area is 101 Å². The molecule has 2 saturated heterocycles. The van der Waals surface area contributed by atoms with Gasteiger partial charge in [0.05, 0.1) is 24.7 Å². The van der Waals surface area contributed by atoms with Crippen molar-refractivity contribution >= 4 is 0 Å². The second-order valence-corrected chi connectivity index (χ2v) is 6.10. The van der Waals surface area contributed by atoms with Crippen LogP contribution in [0.1, 0.15) is 34.1 Å². The van der Waals surface area contributed by atoms with Crippen molar-refractivity contribution in [2.75, 3.05) is 6.61 Å². The molecular weight excluding hydrogens is 224 g/mol. The van der Waals surface area contributed by atoms with Gasteiger partial charge < -0.3 is 24.1 Å². The molecule has 4 atom stereocenters. The average Bonchev–Trinajstić information content (AvgIpc) is 2.41. The van der Waals surface area contributed by atoms with Crippen LogP contribution in [0.3, 0.4) is 0 Å². The van der Waals surface area contributed by atoms with Gasteiger partial charge in [0.15, 0.2) is 17.4 Å². The normalized spacial score (nSPS) is 51.0. The molecule has 3 rings (SSSR count). The van der Waals surface area contributed by atoms with E-state index in [1.54, 1.807) is 0 Å². The van der Waals surface area contributed by atoms with Crippen molar-refractivity contribution in [3.8, 4) is 0 Å². The molecule has 5 nitrogen and oxygen atoms in total. The van der Waals surface area contributed by atoms with Crippen molar-refractivity contribution in [3.63, 3.8) is 0 Å². The summed E-state index contributed by atoms with van der Waals surface area (Å²) in [5, 5.41) is 10.4. The van der Waals surface area contributed by atoms with Gasteiger partial charge in [-0.05, 0) is 27.7 Å². The van der Waals surface area contributed by atoms with E-state index in [2.05, 4.69) is 0 Å². The molecule has 0 aromatic rings. The number of rotatable bonds is 1. The molecule has 0 aromatic carbocycles. The Bertz CT molecular complexity index is 340. The van der Waals surface area contributed by atoms with Gasteiger partial charge in [0, 0.05) is 6.42 Å². The molecule has 5 heteroatoms. The molecule has 0 radical (unpaired) electrons. The number of aliphatic hydroxyl groups is 1. The fraction of sp³-hybridized carbons (Fsp3) is 1.00. The monoisotopic (exact) mass is 244 g/mol. The highest BCUT2D eigenvalue weighted by Gasteiger charge is 2.66. The van der Waals surface area contributed by atoms with E-state index < -0.39 is 17.4 Å². The summed E-state index contributed by atoms with van der Waals surface area (Å²) >= 11 is 0.